The van der Waals surface area contributed by atoms with E-state index in [1.807, 2.05) is 62.0 Å². The van der Waals surface area contributed by atoms with Gasteiger partial charge in [0, 0.05) is 36.6 Å². The van der Waals surface area contributed by atoms with E-state index in [4.69, 9.17) is 20.0 Å². The molecule has 0 radical (unpaired) electrons. The number of carbonyl (C=O) groups excluding carboxylic acids is 1. The molecule has 4 aromatic rings. The summed E-state index contributed by atoms with van der Waals surface area (Å²) in [5.74, 6) is 0.685. The number of nitrogen functional groups attached to an aromatic ring is 1. The second-order valence-electron chi connectivity index (χ2n) is 10.4. The first-order valence-corrected chi connectivity index (χ1v) is 12.5. The molecule has 0 saturated carbocycles. The highest BCUT2D eigenvalue weighted by Crippen LogP contribution is 2.35. The van der Waals surface area contributed by atoms with Crippen LogP contribution in [-0.4, -0.2) is 54.5 Å². The number of hydrogen-bond donors (Lipinski definition) is 2. The van der Waals surface area contributed by atoms with Gasteiger partial charge in [-0.3, -0.25) is 4.68 Å². The van der Waals surface area contributed by atoms with Crippen molar-refractivity contribution in [3.8, 4) is 22.6 Å². The molecule has 4 heterocycles. The lowest BCUT2D eigenvalue weighted by atomic mass is 10.0. The lowest BCUT2D eigenvalue weighted by molar-refractivity contribution is 0.0184. The van der Waals surface area contributed by atoms with Crippen LogP contribution in [-0.2, 0) is 4.74 Å². The van der Waals surface area contributed by atoms with Crippen LogP contribution in [0.4, 0.5) is 10.6 Å². The number of hydrogen-bond acceptors (Lipinski definition) is 8. The molecule has 3 aromatic heterocycles. The molecule has 3 N–H and O–H groups in total. The fourth-order valence-corrected chi connectivity index (χ4v) is 4.54. The van der Waals surface area contributed by atoms with Crippen molar-refractivity contribution in [2.75, 3.05) is 18.8 Å². The van der Waals surface area contributed by atoms with Crippen molar-refractivity contribution in [2.24, 2.45) is 0 Å². The number of likely N-dealkylation sites (tertiary alicyclic amines) is 1. The van der Waals surface area contributed by atoms with Gasteiger partial charge in [0.05, 0.1) is 23.4 Å². The van der Waals surface area contributed by atoms with Gasteiger partial charge in [0.25, 0.3) is 0 Å². The van der Waals surface area contributed by atoms with Gasteiger partial charge in [-0.25, -0.2) is 14.8 Å². The van der Waals surface area contributed by atoms with Crippen molar-refractivity contribution in [3.05, 3.63) is 48.4 Å². The number of ether oxygens (including phenoxy) is 1. The first-order valence-electron chi connectivity index (χ1n) is 12.5. The Morgan fingerprint density at radius 1 is 1.22 bits per heavy atom. The van der Waals surface area contributed by atoms with Gasteiger partial charge >= 0.3 is 6.09 Å². The van der Waals surface area contributed by atoms with E-state index >= 15 is 0 Å². The van der Waals surface area contributed by atoms with Gasteiger partial charge < -0.3 is 24.9 Å². The number of amides is 1. The summed E-state index contributed by atoms with van der Waals surface area (Å²) in [6.45, 7) is 8.43. The predicted octanol–water partition coefficient (Wildman–Crippen LogP) is 4.96. The lowest BCUT2D eigenvalue weighted by Crippen LogP contribution is -2.42. The number of para-hydroxylation sites is 2. The van der Waals surface area contributed by atoms with E-state index < -0.39 is 11.7 Å². The molecule has 0 aliphatic carbocycles. The van der Waals surface area contributed by atoms with E-state index in [0.29, 0.717) is 41.6 Å². The van der Waals surface area contributed by atoms with E-state index in [-0.39, 0.29) is 12.1 Å². The van der Waals surface area contributed by atoms with Crippen molar-refractivity contribution in [1.29, 1.82) is 0 Å². The number of rotatable bonds is 4. The molecule has 0 bridgehead atoms. The Balaban J connectivity index is 1.41. The fraction of sp³-hybridized carbons (Fsp3) is 0.407. The van der Waals surface area contributed by atoms with E-state index in [1.54, 1.807) is 18.0 Å². The Morgan fingerprint density at radius 3 is 2.62 bits per heavy atom. The quantitative estimate of drug-likeness (QED) is 0.398. The third-order valence-corrected chi connectivity index (χ3v) is 6.40. The molecule has 1 aromatic carbocycles. The van der Waals surface area contributed by atoms with Crippen molar-refractivity contribution < 1.29 is 19.1 Å². The Labute approximate surface area is 215 Å². The molecule has 37 heavy (non-hydrogen) atoms. The maximum Gasteiger partial charge on any atom is 0.410 e. The van der Waals surface area contributed by atoms with Crippen LogP contribution in [0.15, 0.2) is 47.1 Å². The summed E-state index contributed by atoms with van der Waals surface area (Å²) in [5.41, 5.74) is 9.69. The molecule has 1 unspecified atom stereocenters. The first kappa shape index (κ1) is 24.8. The summed E-state index contributed by atoms with van der Waals surface area (Å²) in [6, 6.07) is 9.46. The lowest BCUT2D eigenvalue weighted by Gasteiger charge is -2.33. The van der Waals surface area contributed by atoms with Gasteiger partial charge in [0.15, 0.2) is 5.58 Å². The van der Waals surface area contributed by atoms with Crippen molar-refractivity contribution in [2.45, 2.75) is 58.3 Å². The zero-order chi connectivity index (χ0) is 26.3. The standard InChI is InChI=1S/C27H32N6O4/c1-16(34)23-20(15-33(31-23)18-9-11-32(12-10-18)26(35)37-27(2,3)4)17-13-19(24(28)29-14-17)25-30-21-7-5-6-8-22(21)36-25/h5-8,13-16,18,34H,9-12H2,1-4H3,(H2,28,29). The van der Waals surface area contributed by atoms with Gasteiger partial charge in [0.2, 0.25) is 5.89 Å². The molecule has 1 fully saturated rings. The minimum atomic E-state index is -0.788. The van der Waals surface area contributed by atoms with Gasteiger partial charge in [-0.1, -0.05) is 12.1 Å². The second-order valence-corrected chi connectivity index (χ2v) is 10.4. The van der Waals surface area contributed by atoms with Crippen LogP contribution in [0.5, 0.6) is 0 Å². The van der Waals surface area contributed by atoms with Crippen LogP contribution >= 0.6 is 0 Å². The van der Waals surface area contributed by atoms with E-state index in [9.17, 15) is 9.90 Å². The summed E-state index contributed by atoms with van der Waals surface area (Å²) in [4.78, 5) is 23.1. The maximum absolute atomic E-state index is 12.4. The molecule has 1 amide bonds. The topological polar surface area (TPSA) is 133 Å². The Kier molecular flexibility index (Phi) is 6.36. The number of benzene rings is 1. The second kappa shape index (κ2) is 9.51. The monoisotopic (exact) mass is 504 g/mol. The van der Waals surface area contributed by atoms with Crippen LogP contribution in [0.25, 0.3) is 33.7 Å². The van der Waals surface area contributed by atoms with Crippen LogP contribution in [0.1, 0.15) is 58.4 Å². The zero-order valence-corrected chi connectivity index (χ0v) is 21.5. The Morgan fingerprint density at radius 2 is 1.95 bits per heavy atom. The largest absolute Gasteiger partial charge is 0.444 e. The van der Waals surface area contributed by atoms with Gasteiger partial charge in [0.1, 0.15) is 16.9 Å². The SMILES string of the molecule is CC(O)c1nn(C2CCN(C(=O)OC(C)(C)C)CC2)cc1-c1cnc(N)c(-c2nc3ccccc3o2)c1. The molecule has 1 saturated heterocycles. The minimum Gasteiger partial charge on any atom is -0.444 e. The van der Waals surface area contributed by atoms with Crippen molar-refractivity contribution in [1.82, 2.24) is 24.6 Å². The third-order valence-electron chi connectivity index (χ3n) is 6.40. The summed E-state index contributed by atoms with van der Waals surface area (Å²) in [6.07, 6.45) is 3.97. The summed E-state index contributed by atoms with van der Waals surface area (Å²) in [5, 5.41) is 15.2. The van der Waals surface area contributed by atoms with Crippen molar-refractivity contribution in [3.63, 3.8) is 0 Å². The van der Waals surface area contributed by atoms with E-state index in [2.05, 4.69) is 9.97 Å². The number of fused-ring (bicyclic) bond motifs is 1. The fourth-order valence-electron chi connectivity index (χ4n) is 4.54. The molecule has 1 aliphatic heterocycles. The average Bonchev–Trinajstić information content (AvgIpc) is 3.48. The number of nitrogens with zero attached hydrogens (tertiary/aromatic N) is 5. The molecular formula is C27H32N6O4. The van der Waals surface area contributed by atoms with Crippen LogP contribution < -0.4 is 5.73 Å². The predicted molar refractivity (Wildman–Crippen MR) is 140 cm³/mol. The number of pyridine rings is 1. The summed E-state index contributed by atoms with van der Waals surface area (Å²) < 4.78 is 13.3. The third kappa shape index (κ3) is 5.15. The number of oxazole rings is 1. The molecule has 5 rings (SSSR count). The van der Waals surface area contributed by atoms with Crippen LogP contribution in [0.3, 0.4) is 0 Å². The number of anilines is 1. The molecule has 10 heteroatoms. The van der Waals surface area contributed by atoms with Crippen LogP contribution in [0, 0.1) is 0 Å². The van der Waals surface area contributed by atoms with Gasteiger partial charge in [-0.2, -0.15) is 5.10 Å². The van der Waals surface area contributed by atoms with Crippen LogP contribution in [0.2, 0.25) is 0 Å². The summed E-state index contributed by atoms with van der Waals surface area (Å²) in [7, 11) is 0. The number of aliphatic hydroxyl groups excluding tert-OH is 1. The number of aromatic nitrogens is 4. The minimum absolute atomic E-state index is 0.0863. The normalized spacial score (nSPS) is 15.8. The number of nitrogens with two attached hydrogens (primary N) is 1. The smallest absolute Gasteiger partial charge is 0.410 e. The highest BCUT2D eigenvalue weighted by Gasteiger charge is 2.29. The first-order chi connectivity index (χ1) is 17.6. The Bertz CT molecular complexity index is 1390. The molecule has 1 atom stereocenters. The van der Waals surface area contributed by atoms with E-state index in [0.717, 1.165) is 29.5 Å². The average molecular weight is 505 g/mol. The highest BCUT2D eigenvalue weighted by atomic mass is 16.6. The Hall–Kier alpha value is -3.92. The number of aliphatic hydroxyl groups is 1. The summed E-state index contributed by atoms with van der Waals surface area (Å²) >= 11 is 0. The zero-order valence-electron chi connectivity index (χ0n) is 21.5. The van der Waals surface area contributed by atoms with Gasteiger partial charge in [-0.05, 0) is 58.7 Å². The molecule has 0 spiro atoms. The van der Waals surface area contributed by atoms with E-state index in [1.165, 1.54) is 0 Å². The maximum atomic E-state index is 12.4. The molecule has 10 nitrogen and oxygen atoms in total. The number of carbonyl (C=O) groups is 1. The van der Waals surface area contributed by atoms with Gasteiger partial charge in [-0.15, -0.1) is 0 Å². The molecule has 1 aliphatic rings. The number of piperidine rings is 1. The molecular weight excluding hydrogens is 472 g/mol. The molecule has 194 valence electrons. The van der Waals surface area contributed by atoms with Crippen molar-refractivity contribution >= 4 is 23.0 Å². The highest BCUT2D eigenvalue weighted by molar-refractivity contribution is 5.81.